The van der Waals surface area contributed by atoms with Gasteiger partial charge in [-0.05, 0) is 45.1 Å². The Morgan fingerprint density at radius 3 is 2.44 bits per heavy atom. The maximum absolute atomic E-state index is 12.8. The molecule has 2 heterocycles. The molecule has 8 nitrogen and oxygen atoms in total. The van der Waals surface area contributed by atoms with Crippen molar-refractivity contribution >= 4 is 39.6 Å². The predicted octanol–water partition coefficient (Wildman–Crippen LogP) is 1.49. The van der Waals surface area contributed by atoms with E-state index in [4.69, 9.17) is 5.21 Å². The third-order valence-corrected chi connectivity index (χ3v) is 8.77. The summed E-state index contributed by atoms with van der Waals surface area (Å²) in [5.74, 6) is -0.777. The lowest BCUT2D eigenvalue weighted by atomic mass is 10.0. The molecule has 1 amide bonds. The van der Waals surface area contributed by atoms with E-state index in [0.717, 1.165) is 17.7 Å². The van der Waals surface area contributed by atoms with E-state index in [-0.39, 0.29) is 0 Å². The fraction of sp³-hybridized carbons (Fsp3) is 0.625. The van der Waals surface area contributed by atoms with Crippen LogP contribution in [-0.2, 0) is 15.0 Å². The van der Waals surface area contributed by atoms with Crippen LogP contribution in [0, 0.1) is 0 Å². The van der Waals surface area contributed by atoms with Crippen LogP contribution in [0.2, 0.25) is 0 Å². The number of thioether (sulfide) groups is 2. The third kappa shape index (κ3) is 6.06. The van der Waals surface area contributed by atoms with E-state index in [1.54, 1.807) is 49.7 Å². The Morgan fingerprint density at radius 2 is 1.93 bits per heavy atom. The molecule has 152 valence electrons. The van der Waals surface area contributed by atoms with Crippen molar-refractivity contribution in [3.05, 3.63) is 24.5 Å². The lowest BCUT2D eigenvalue weighted by Gasteiger charge is -2.35. The molecule has 0 aromatic carbocycles. The highest BCUT2D eigenvalue weighted by atomic mass is 32.2. The van der Waals surface area contributed by atoms with E-state index in [1.165, 1.54) is 16.1 Å². The number of carbonyl (C=O) groups is 1. The molecule has 2 rings (SSSR count). The van der Waals surface area contributed by atoms with Crippen molar-refractivity contribution in [2.45, 2.75) is 47.6 Å². The molecule has 1 aliphatic rings. The molecule has 1 fully saturated rings. The van der Waals surface area contributed by atoms with Crippen LogP contribution in [-0.4, -0.2) is 64.2 Å². The van der Waals surface area contributed by atoms with E-state index >= 15 is 0 Å². The first-order valence-electron chi connectivity index (χ1n) is 8.53. The van der Waals surface area contributed by atoms with Gasteiger partial charge < -0.3 is 0 Å². The summed E-state index contributed by atoms with van der Waals surface area (Å²) >= 11 is 3.07. The lowest BCUT2D eigenvalue weighted by Crippen LogP contribution is -2.59. The van der Waals surface area contributed by atoms with Crippen LogP contribution in [0.25, 0.3) is 0 Å². The van der Waals surface area contributed by atoms with Crippen LogP contribution in [0.5, 0.6) is 0 Å². The van der Waals surface area contributed by atoms with Gasteiger partial charge in [-0.25, -0.2) is 5.48 Å². The van der Waals surface area contributed by atoms with Crippen molar-refractivity contribution in [1.82, 2.24) is 19.5 Å². The molecule has 0 radical (unpaired) electrons. The largest absolute Gasteiger partial charge is 0.289 e. The second kappa shape index (κ2) is 9.57. The van der Waals surface area contributed by atoms with Crippen LogP contribution in [0.3, 0.4) is 0 Å². The number of aromatic nitrogens is 1. The fourth-order valence-corrected chi connectivity index (χ4v) is 5.84. The van der Waals surface area contributed by atoms with Gasteiger partial charge in [0.25, 0.3) is 16.1 Å². The highest BCUT2D eigenvalue weighted by Crippen LogP contribution is 2.31. The monoisotopic (exact) mass is 434 g/mol. The molecule has 3 N–H and O–H groups in total. The number of hydrogen-bond donors (Lipinski definition) is 3. The number of hydrogen-bond acceptors (Lipinski definition) is 7. The van der Waals surface area contributed by atoms with E-state index in [9.17, 15) is 13.2 Å². The zero-order valence-electron chi connectivity index (χ0n) is 15.6. The summed E-state index contributed by atoms with van der Waals surface area (Å²) in [6, 6.07) is 2.79. The van der Waals surface area contributed by atoms with Gasteiger partial charge in [-0.3, -0.25) is 15.0 Å². The maximum atomic E-state index is 12.8. The number of amides is 1. The molecule has 0 spiro atoms. The Balaban J connectivity index is 1.99. The van der Waals surface area contributed by atoms with Gasteiger partial charge in [-0.1, -0.05) is 0 Å². The smallest absolute Gasteiger partial charge is 0.280 e. The highest BCUT2D eigenvalue weighted by molar-refractivity contribution is 8.00. The molecule has 1 aromatic heterocycles. The quantitative estimate of drug-likeness (QED) is 0.420. The standard InChI is InChI=1S/C16H26N4O4S3/c1-16(2,25-3)14(15(21)18-22)19-27(23,24)20-10-6-13(7-11-20)26-12-4-8-17-9-5-12/h4-5,8-9,13-14,19,22H,6-7,10-11H2,1-3H3,(H,18,21). The van der Waals surface area contributed by atoms with Crippen molar-refractivity contribution in [2.24, 2.45) is 0 Å². The van der Waals surface area contributed by atoms with Crippen molar-refractivity contribution < 1.29 is 18.4 Å². The molecular weight excluding hydrogens is 408 g/mol. The second-order valence-corrected chi connectivity index (χ2v) is 11.3. The number of nitrogens with one attached hydrogen (secondary N) is 2. The summed E-state index contributed by atoms with van der Waals surface area (Å²) < 4.78 is 28.6. The third-order valence-electron chi connectivity index (χ3n) is 4.55. The fourth-order valence-electron chi connectivity index (χ4n) is 2.72. The number of carbonyl (C=O) groups excluding carboxylic acids is 1. The molecule has 0 saturated carbocycles. The van der Waals surface area contributed by atoms with Gasteiger partial charge in [0.05, 0.1) is 0 Å². The Labute approximate surface area is 169 Å². The molecule has 1 aliphatic heterocycles. The lowest BCUT2D eigenvalue weighted by molar-refractivity contribution is -0.131. The van der Waals surface area contributed by atoms with E-state index < -0.39 is 26.9 Å². The van der Waals surface area contributed by atoms with Crippen LogP contribution in [0.1, 0.15) is 26.7 Å². The van der Waals surface area contributed by atoms with Crippen LogP contribution in [0.15, 0.2) is 29.4 Å². The van der Waals surface area contributed by atoms with Crippen LogP contribution >= 0.6 is 23.5 Å². The Hall–Kier alpha value is -0.850. The van der Waals surface area contributed by atoms with Gasteiger partial charge in [-0.2, -0.15) is 29.2 Å². The van der Waals surface area contributed by atoms with E-state index in [0.29, 0.717) is 18.3 Å². The minimum absolute atomic E-state index is 0.332. The van der Waals surface area contributed by atoms with Crippen molar-refractivity contribution in [2.75, 3.05) is 19.3 Å². The molecule has 1 saturated heterocycles. The molecule has 1 aromatic rings. The molecule has 1 atom stereocenters. The summed E-state index contributed by atoms with van der Waals surface area (Å²) in [6.07, 6.45) is 6.71. The summed E-state index contributed by atoms with van der Waals surface area (Å²) in [6.45, 7) is 4.26. The molecule has 1 unspecified atom stereocenters. The first kappa shape index (κ1) is 22.4. The molecule has 0 aliphatic carbocycles. The average Bonchev–Trinajstić information content (AvgIpc) is 2.66. The van der Waals surface area contributed by atoms with Gasteiger partial charge in [0, 0.05) is 40.4 Å². The minimum atomic E-state index is -3.85. The number of pyridine rings is 1. The van der Waals surface area contributed by atoms with Gasteiger partial charge in [0.2, 0.25) is 0 Å². The minimum Gasteiger partial charge on any atom is -0.289 e. The average molecular weight is 435 g/mol. The molecular formula is C16H26N4O4S3. The SMILES string of the molecule is CSC(C)(C)C(NS(=O)(=O)N1CCC(Sc2ccncc2)CC1)C(=O)NO. The number of rotatable bonds is 8. The molecule has 11 heteroatoms. The van der Waals surface area contributed by atoms with E-state index in [2.05, 4.69) is 9.71 Å². The first-order chi connectivity index (χ1) is 12.7. The number of nitrogens with zero attached hydrogens (tertiary/aromatic N) is 2. The molecule has 0 bridgehead atoms. The van der Waals surface area contributed by atoms with Crippen molar-refractivity contribution in [3.8, 4) is 0 Å². The predicted molar refractivity (Wildman–Crippen MR) is 108 cm³/mol. The first-order valence-corrected chi connectivity index (χ1v) is 12.1. The van der Waals surface area contributed by atoms with Gasteiger partial charge in [0.15, 0.2) is 0 Å². The van der Waals surface area contributed by atoms with Crippen molar-refractivity contribution in [3.63, 3.8) is 0 Å². The number of hydroxylamine groups is 1. The Kier molecular flexibility index (Phi) is 7.95. The van der Waals surface area contributed by atoms with Gasteiger partial charge >= 0.3 is 0 Å². The summed E-state index contributed by atoms with van der Waals surface area (Å²) in [4.78, 5) is 17.1. The summed E-state index contributed by atoms with van der Waals surface area (Å²) in [5, 5.41) is 9.31. The Morgan fingerprint density at radius 1 is 1.33 bits per heavy atom. The maximum Gasteiger partial charge on any atom is 0.280 e. The second-order valence-electron chi connectivity index (χ2n) is 6.74. The van der Waals surface area contributed by atoms with Crippen LogP contribution in [0.4, 0.5) is 0 Å². The Bertz CT molecular complexity index is 722. The normalized spacial score (nSPS) is 18.2. The zero-order valence-corrected chi connectivity index (χ0v) is 18.0. The zero-order chi connectivity index (χ0) is 20.1. The van der Waals surface area contributed by atoms with Gasteiger partial charge in [0.1, 0.15) is 6.04 Å². The summed E-state index contributed by atoms with van der Waals surface area (Å²) in [7, 11) is -3.85. The highest BCUT2D eigenvalue weighted by Gasteiger charge is 2.40. The molecule has 27 heavy (non-hydrogen) atoms. The topological polar surface area (TPSA) is 112 Å². The van der Waals surface area contributed by atoms with Crippen LogP contribution < -0.4 is 10.2 Å². The summed E-state index contributed by atoms with van der Waals surface area (Å²) in [5.41, 5.74) is 1.56. The number of piperidine rings is 1. The van der Waals surface area contributed by atoms with E-state index in [1.807, 2.05) is 12.1 Å². The van der Waals surface area contributed by atoms with Gasteiger partial charge in [-0.15, -0.1) is 11.8 Å². The van der Waals surface area contributed by atoms with Crippen molar-refractivity contribution in [1.29, 1.82) is 0 Å².